The van der Waals surface area contributed by atoms with Gasteiger partial charge in [-0.25, -0.2) is 9.78 Å². The van der Waals surface area contributed by atoms with Crippen LogP contribution in [0.3, 0.4) is 0 Å². The Hall–Kier alpha value is -3.48. The Morgan fingerprint density at radius 3 is 2.03 bits per heavy atom. The largest absolute Gasteiger partial charge is 0.480 e. The molecule has 1 rings (SSSR count). The predicted molar refractivity (Wildman–Crippen MR) is 113 cm³/mol. The first-order chi connectivity index (χ1) is 14.9. The predicted octanol–water partition coefficient (Wildman–Crippen LogP) is -2.24. The van der Waals surface area contributed by atoms with Gasteiger partial charge in [-0.3, -0.25) is 19.2 Å². The number of aromatic nitrogens is 2. The number of carbonyl (C=O) groups excluding carboxylic acids is 4. The number of nitrogens with one attached hydrogen (secondary N) is 4. The molecule has 13 nitrogen and oxygen atoms in total. The third kappa shape index (κ3) is 9.12. The lowest BCUT2D eigenvalue weighted by Crippen LogP contribution is -2.58. The average Bonchev–Trinajstić information content (AvgIpc) is 3.18. The molecule has 1 aromatic rings. The minimum atomic E-state index is -1.34. The van der Waals surface area contributed by atoms with E-state index in [2.05, 4.69) is 25.9 Å². The maximum absolute atomic E-state index is 12.8. The average molecular weight is 454 g/mol. The van der Waals surface area contributed by atoms with Crippen LogP contribution in [0.4, 0.5) is 0 Å². The summed E-state index contributed by atoms with van der Waals surface area (Å²) in [7, 11) is 0. The summed E-state index contributed by atoms with van der Waals surface area (Å²) in [4.78, 5) is 66.9. The van der Waals surface area contributed by atoms with Gasteiger partial charge < -0.3 is 37.5 Å². The summed E-state index contributed by atoms with van der Waals surface area (Å²) < 4.78 is 0. The molecule has 0 aliphatic heterocycles. The van der Waals surface area contributed by atoms with Crippen LogP contribution in [0.5, 0.6) is 0 Å². The molecule has 1 aromatic heterocycles. The minimum Gasteiger partial charge on any atom is -0.480 e. The Morgan fingerprint density at radius 2 is 1.56 bits per heavy atom. The summed E-state index contributed by atoms with van der Waals surface area (Å²) in [5.74, 6) is -4.38. The van der Waals surface area contributed by atoms with Gasteiger partial charge in [0.05, 0.1) is 18.8 Å². The summed E-state index contributed by atoms with van der Waals surface area (Å²) in [6.07, 6.45) is 2.45. The van der Waals surface area contributed by atoms with Crippen LogP contribution in [0.15, 0.2) is 12.5 Å². The zero-order valence-electron chi connectivity index (χ0n) is 18.3. The molecule has 1 heterocycles. The van der Waals surface area contributed by atoms with Gasteiger partial charge in [0.25, 0.3) is 0 Å². The van der Waals surface area contributed by atoms with Crippen molar-refractivity contribution >= 4 is 29.6 Å². The van der Waals surface area contributed by atoms with E-state index in [1.54, 1.807) is 0 Å². The number of hydrogen-bond acceptors (Lipinski definition) is 7. The number of carbonyl (C=O) groups is 5. The molecule has 9 N–H and O–H groups in total. The maximum atomic E-state index is 12.8. The number of aliphatic carboxylic acids is 1. The van der Waals surface area contributed by atoms with Gasteiger partial charge in [0, 0.05) is 18.3 Å². The molecule has 4 unspecified atom stereocenters. The SMILES string of the molecule is CC(C)CC(NC(=O)C(CC(N)=O)NC(=O)C(C)N)C(=O)NC(Cc1cnc[nH]1)C(=O)O. The Bertz CT molecular complexity index is 809. The highest BCUT2D eigenvalue weighted by Gasteiger charge is 2.31. The summed E-state index contributed by atoms with van der Waals surface area (Å²) in [6.45, 7) is 5.02. The van der Waals surface area contributed by atoms with Crippen LogP contribution in [0.2, 0.25) is 0 Å². The first-order valence-electron chi connectivity index (χ1n) is 10.1. The van der Waals surface area contributed by atoms with Crippen molar-refractivity contribution in [1.82, 2.24) is 25.9 Å². The van der Waals surface area contributed by atoms with Gasteiger partial charge in [0.15, 0.2) is 0 Å². The molecule has 0 aliphatic carbocycles. The number of imidazole rings is 1. The molecule has 0 fully saturated rings. The fourth-order valence-corrected chi connectivity index (χ4v) is 2.78. The van der Waals surface area contributed by atoms with Gasteiger partial charge in [-0.15, -0.1) is 0 Å². The van der Waals surface area contributed by atoms with Gasteiger partial charge in [-0.1, -0.05) is 13.8 Å². The van der Waals surface area contributed by atoms with Gasteiger partial charge in [0.1, 0.15) is 18.1 Å². The topological polar surface area (TPSA) is 222 Å². The van der Waals surface area contributed by atoms with E-state index in [1.165, 1.54) is 19.4 Å². The van der Waals surface area contributed by atoms with E-state index in [4.69, 9.17) is 11.5 Å². The van der Waals surface area contributed by atoms with Gasteiger partial charge in [-0.05, 0) is 19.3 Å². The minimum absolute atomic E-state index is 0.0435. The number of H-pyrrole nitrogens is 1. The van der Waals surface area contributed by atoms with Gasteiger partial charge in [-0.2, -0.15) is 0 Å². The second-order valence-electron chi connectivity index (χ2n) is 7.89. The second-order valence-corrected chi connectivity index (χ2v) is 7.89. The molecule has 178 valence electrons. The van der Waals surface area contributed by atoms with E-state index in [1.807, 2.05) is 13.8 Å². The lowest BCUT2D eigenvalue weighted by molar-refractivity contribution is -0.142. The van der Waals surface area contributed by atoms with E-state index in [0.717, 1.165) is 0 Å². The molecular formula is C19H31N7O6. The smallest absolute Gasteiger partial charge is 0.326 e. The molecule has 4 atom stereocenters. The molecule has 0 saturated carbocycles. The molecule has 0 bridgehead atoms. The first-order valence-corrected chi connectivity index (χ1v) is 10.1. The van der Waals surface area contributed by atoms with Crippen molar-refractivity contribution in [3.05, 3.63) is 18.2 Å². The highest BCUT2D eigenvalue weighted by atomic mass is 16.4. The number of primary amides is 1. The van der Waals surface area contributed by atoms with Crippen LogP contribution in [-0.2, 0) is 30.4 Å². The third-order valence-corrected chi connectivity index (χ3v) is 4.39. The Labute approximate surface area is 185 Å². The van der Waals surface area contributed by atoms with Crippen molar-refractivity contribution in [2.75, 3.05) is 0 Å². The zero-order chi connectivity index (χ0) is 24.4. The van der Waals surface area contributed by atoms with Crippen molar-refractivity contribution in [3.8, 4) is 0 Å². The second kappa shape index (κ2) is 12.4. The van der Waals surface area contributed by atoms with E-state index in [0.29, 0.717) is 5.69 Å². The highest BCUT2D eigenvalue weighted by Crippen LogP contribution is 2.08. The summed E-state index contributed by atoms with van der Waals surface area (Å²) >= 11 is 0. The Morgan fingerprint density at radius 1 is 1.00 bits per heavy atom. The highest BCUT2D eigenvalue weighted by molar-refractivity contribution is 5.96. The molecule has 0 aromatic carbocycles. The maximum Gasteiger partial charge on any atom is 0.326 e. The summed E-state index contributed by atoms with van der Waals surface area (Å²) in [5, 5.41) is 16.7. The number of aromatic amines is 1. The van der Waals surface area contributed by atoms with E-state index in [-0.39, 0.29) is 18.8 Å². The van der Waals surface area contributed by atoms with Crippen molar-refractivity contribution in [2.24, 2.45) is 17.4 Å². The van der Waals surface area contributed by atoms with Crippen LogP contribution in [-0.4, -0.2) is 68.8 Å². The number of amides is 4. The Balaban J connectivity index is 2.96. The van der Waals surface area contributed by atoms with Crippen molar-refractivity contribution in [2.45, 2.75) is 64.2 Å². The Kier molecular flexibility index (Phi) is 10.3. The lowest BCUT2D eigenvalue weighted by atomic mass is 10.0. The standard InChI is InChI=1S/C19H31N7O6/c1-9(2)4-12(17(29)26-14(19(31)32)5-11-7-22-8-23-11)25-18(30)13(6-15(21)27)24-16(28)10(3)20/h7-10,12-14H,4-6,20H2,1-3H3,(H2,21,27)(H,22,23)(H,24,28)(H,25,30)(H,26,29)(H,31,32). The van der Waals surface area contributed by atoms with Crippen LogP contribution in [0.25, 0.3) is 0 Å². The van der Waals surface area contributed by atoms with Crippen molar-refractivity contribution in [1.29, 1.82) is 0 Å². The monoisotopic (exact) mass is 453 g/mol. The van der Waals surface area contributed by atoms with E-state index < -0.39 is 60.2 Å². The van der Waals surface area contributed by atoms with Crippen molar-refractivity contribution < 1.29 is 29.1 Å². The van der Waals surface area contributed by atoms with Crippen LogP contribution >= 0.6 is 0 Å². The zero-order valence-corrected chi connectivity index (χ0v) is 18.3. The number of nitrogens with two attached hydrogens (primary N) is 2. The number of hydrogen-bond donors (Lipinski definition) is 7. The first kappa shape index (κ1) is 26.6. The molecule has 4 amide bonds. The molecule has 0 aliphatic rings. The quantitative estimate of drug-likeness (QED) is 0.172. The third-order valence-electron chi connectivity index (χ3n) is 4.39. The number of carboxylic acid groups (broad SMARTS) is 1. The van der Waals surface area contributed by atoms with E-state index in [9.17, 15) is 29.1 Å². The van der Waals surface area contributed by atoms with Crippen LogP contribution in [0, 0.1) is 5.92 Å². The molecule has 0 saturated heterocycles. The summed E-state index contributed by atoms with van der Waals surface area (Å²) in [6, 6.07) is -4.66. The number of carboxylic acids is 1. The molecular weight excluding hydrogens is 422 g/mol. The van der Waals surface area contributed by atoms with Gasteiger partial charge in [0.2, 0.25) is 23.6 Å². The van der Waals surface area contributed by atoms with E-state index >= 15 is 0 Å². The molecule has 0 spiro atoms. The molecule has 0 radical (unpaired) electrons. The van der Waals surface area contributed by atoms with Gasteiger partial charge >= 0.3 is 5.97 Å². The summed E-state index contributed by atoms with van der Waals surface area (Å²) in [5.41, 5.74) is 11.1. The fourth-order valence-electron chi connectivity index (χ4n) is 2.78. The molecule has 13 heteroatoms. The lowest BCUT2D eigenvalue weighted by Gasteiger charge is -2.25. The van der Waals surface area contributed by atoms with Crippen molar-refractivity contribution in [3.63, 3.8) is 0 Å². The van der Waals surface area contributed by atoms with Crippen LogP contribution < -0.4 is 27.4 Å². The van der Waals surface area contributed by atoms with Crippen LogP contribution in [0.1, 0.15) is 39.3 Å². The number of nitrogens with zero attached hydrogens (tertiary/aromatic N) is 1. The molecule has 32 heavy (non-hydrogen) atoms. The fraction of sp³-hybridized carbons (Fsp3) is 0.579. The number of rotatable bonds is 13. The normalized spacial score (nSPS) is 14.7.